The van der Waals surface area contributed by atoms with Gasteiger partial charge in [-0.2, -0.15) is 0 Å². The molecule has 0 aliphatic rings. The van der Waals surface area contributed by atoms with E-state index in [0.29, 0.717) is 12.1 Å². The average Bonchev–Trinajstić information content (AvgIpc) is 2.37. The summed E-state index contributed by atoms with van der Waals surface area (Å²) >= 11 is 0. The van der Waals surface area contributed by atoms with E-state index in [9.17, 15) is 4.39 Å². The van der Waals surface area contributed by atoms with Gasteiger partial charge in [-0.1, -0.05) is 18.2 Å². The zero-order chi connectivity index (χ0) is 14.3. The van der Waals surface area contributed by atoms with Crippen molar-refractivity contribution in [3.63, 3.8) is 0 Å². The molecule has 0 heterocycles. The van der Waals surface area contributed by atoms with E-state index < -0.39 is 0 Å². The van der Waals surface area contributed by atoms with Gasteiger partial charge in [0.05, 0.1) is 0 Å². The molecule has 0 bridgehead atoms. The van der Waals surface area contributed by atoms with Crippen LogP contribution in [0.15, 0.2) is 24.3 Å². The topological polar surface area (TPSA) is 15.3 Å². The van der Waals surface area contributed by atoms with E-state index in [1.165, 1.54) is 6.07 Å². The summed E-state index contributed by atoms with van der Waals surface area (Å²) in [4.78, 5) is 2.34. The summed E-state index contributed by atoms with van der Waals surface area (Å²) < 4.78 is 13.5. The minimum atomic E-state index is -0.101. The van der Waals surface area contributed by atoms with Crippen LogP contribution >= 0.6 is 0 Å². The smallest absolute Gasteiger partial charge is 0.126 e. The molecule has 1 aromatic rings. The van der Waals surface area contributed by atoms with E-state index in [1.54, 1.807) is 6.07 Å². The van der Waals surface area contributed by atoms with Crippen molar-refractivity contribution < 1.29 is 4.39 Å². The fourth-order valence-corrected chi connectivity index (χ4v) is 2.00. The number of benzene rings is 1. The molecule has 1 rings (SSSR count). The van der Waals surface area contributed by atoms with Crippen LogP contribution in [0.3, 0.4) is 0 Å². The number of nitrogens with one attached hydrogen (secondary N) is 1. The Morgan fingerprint density at radius 2 is 1.89 bits per heavy atom. The van der Waals surface area contributed by atoms with E-state index in [2.05, 4.69) is 38.0 Å². The summed E-state index contributed by atoms with van der Waals surface area (Å²) in [6, 6.07) is 7.92. The maximum absolute atomic E-state index is 13.5. The molecule has 0 fully saturated rings. The first-order valence-corrected chi connectivity index (χ1v) is 7.17. The van der Waals surface area contributed by atoms with Crippen LogP contribution in [0.1, 0.15) is 32.8 Å². The van der Waals surface area contributed by atoms with Gasteiger partial charge in [0.25, 0.3) is 0 Å². The SMILES string of the molecule is CC(Cc1ccccc1F)NCCCN(C)C(C)C. The number of hydrogen-bond donors (Lipinski definition) is 1. The highest BCUT2D eigenvalue weighted by atomic mass is 19.1. The highest BCUT2D eigenvalue weighted by Crippen LogP contribution is 2.08. The van der Waals surface area contributed by atoms with E-state index in [4.69, 9.17) is 0 Å². The molecule has 0 spiro atoms. The van der Waals surface area contributed by atoms with Crippen molar-refractivity contribution in [2.45, 2.75) is 45.7 Å². The van der Waals surface area contributed by atoms with Crippen molar-refractivity contribution in [2.24, 2.45) is 0 Å². The quantitative estimate of drug-likeness (QED) is 0.727. The summed E-state index contributed by atoms with van der Waals surface area (Å²) in [6.07, 6.45) is 1.86. The van der Waals surface area contributed by atoms with Gasteiger partial charge in [0, 0.05) is 12.1 Å². The van der Waals surface area contributed by atoms with Gasteiger partial charge in [0.15, 0.2) is 0 Å². The van der Waals surface area contributed by atoms with E-state index in [1.807, 2.05) is 12.1 Å². The molecular weight excluding hydrogens is 239 g/mol. The standard InChI is InChI=1S/C16H27FN2/c1-13(2)19(4)11-7-10-18-14(3)12-15-8-5-6-9-16(15)17/h5-6,8-9,13-14,18H,7,10-12H2,1-4H3. The fraction of sp³-hybridized carbons (Fsp3) is 0.625. The molecule has 0 radical (unpaired) electrons. The zero-order valence-electron chi connectivity index (χ0n) is 12.6. The summed E-state index contributed by atoms with van der Waals surface area (Å²) in [5.74, 6) is -0.101. The van der Waals surface area contributed by atoms with Gasteiger partial charge in [-0.15, -0.1) is 0 Å². The predicted octanol–water partition coefficient (Wildman–Crippen LogP) is 3.08. The van der Waals surface area contributed by atoms with E-state index in [-0.39, 0.29) is 5.82 Å². The fourth-order valence-electron chi connectivity index (χ4n) is 2.00. The second-order valence-corrected chi connectivity index (χ2v) is 5.58. The number of halogens is 1. The second-order valence-electron chi connectivity index (χ2n) is 5.58. The Balaban J connectivity index is 2.22. The van der Waals surface area contributed by atoms with Crippen molar-refractivity contribution in [2.75, 3.05) is 20.1 Å². The van der Waals surface area contributed by atoms with Gasteiger partial charge >= 0.3 is 0 Å². The third-order valence-electron chi connectivity index (χ3n) is 3.55. The second kappa shape index (κ2) is 8.28. The molecule has 0 aromatic heterocycles. The lowest BCUT2D eigenvalue weighted by atomic mass is 10.1. The third kappa shape index (κ3) is 6.17. The number of rotatable bonds is 8. The first-order valence-electron chi connectivity index (χ1n) is 7.17. The molecule has 1 N–H and O–H groups in total. The maximum atomic E-state index is 13.5. The molecule has 0 saturated carbocycles. The van der Waals surface area contributed by atoms with Crippen LogP contribution in [0.2, 0.25) is 0 Å². The first-order chi connectivity index (χ1) is 9.00. The Hall–Kier alpha value is -0.930. The number of nitrogens with zero attached hydrogens (tertiary/aromatic N) is 1. The predicted molar refractivity (Wildman–Crippen MR) is 80.0 cm³/mol. The zero-order valence-corrected chi connectivity index (χ0v) is 12.6. The van der Waals surface area contributed by atoms with Gasteiger partial charge in [0.2, 0.25) is 0 Å². The Labute approximate surface area is 117 Å². The molecule has 1 atom stereocenters. The molecule has 0 amide bonds. The molecule has 1 aromatic carbocycles. The minimum absolute atomic E-state index is 0.101. The van der Waals surface area contributed by atoms with E-state index >= 15 is 0 Å². The van der Waals surface area contributed by atoms with Crippen LogP contribution < -0.4 is 5.32 Å². The summed E-state index contributed by atoms with van der Waals surface area (Å²) in [5, 5.41) is 3.46. The van der Waals surface area contributed by atoms with Crippen LogP contribution in [-0.2, 0) is 6.42 Å². The molecule has 0 saturated heterocycles. The summed E-state index contributed by atoms with van der Waals surface area (Å²) in [6.45, 7) is 8.59. The van der Waals surface area contributed by atoms with Crippen LogP contribution in [0.5, 0.6) is 0 Å². The molecule has 1 unspecified atom stereocenters. The van der Waals surface area contributed by atoms with Gasteiger partial charge < -0.3 is 10.2 Å². The van der Waals surface area contributed by atoms with Crippen molar-refractivity contribution >= 4 is 0 Å². The first kappa shape index (κ1) is 16.1. The van der Waals surface area contributed by atoms with Crippen molar-refractivity contribution in [3.05, 3.63) is 35.6 Å². The lowest BCUT2D eigenvalue weighted by Crippen LogP contribution is -2.33. The molecule has 2 nitrogen and oxygen atoms in total. The molecule has 108 valence electrons. The maximum Gasteiger partial charge on any atom is 0.126 e. The van der Waals surface area contributed by atoms with Gasteiger partial charge in [0.1, 0.15) is 5.82 Å². The van der Waals surface area contributed by atoms with Gasteiger partial charge in [-0.3, -0.25) is 0 Å². The van der Waals surface area contributed by atoms with Crippen LogP contribution in [0.4, 0.5) is 4.39 Å². The largest absolute Gasteiger partial charge is 0.314 e. The normalized spacial score (nSPS) is 13.2. The lowest BCUT2D eigenvalue weighted by molar-refractivity contribution is 0.268. The Kier molecular flexibility index (Phi) is 7.03. The monoisotopic (exact) mass is 266 g/mol. The highest BCUT2D eigenvalue weighted by molar-refractivity contribution is 5.18. The van der Waals surface area contributed by atoms with Gasteiger partial charge in [-0.05, 0) is 65.4 Å². The third-order valence-corrected chi connectivity index (χ3v) is 3.55. The van der Waals surface area contributed by atoms with Crippen LogP contribution in [-0.4, -0.2) is 37.1 Å². The van der Waals surface area contributed by atoms with Crippen LogP contribution in [0, 0.1) is 5.82 Å². The Morgan fingerprint density at radius 3 is 2.53 bits per heavy atom. The van der Waals surface area contributed by atoms with E-state index in [0.717, 1.165) is 31.5 Å². The lowest BCUT2D eigenvalue weighted by Gasteiger charge is -2.21. The molecule has 0 aliphatic heterocycles. The van der Waals surface area contributed by atoms with Crippen molar-refractivity contribution in [3.8, 4) is 0 Å². The van der Waals surface area contributed by atoms with Gasteiger partial charge in [-0.25, -0.2) is 4.39 Å². The number of hydrogen-bond acceptors (Lipinski definition) is 2. The molecule has 0 aliphatic carbocycles. The molecule has 3 heteroatoms. The minimum Gasteiger partial charge on any atom is -0.314 e. The summed E-state index contributed by atoms with van der Waals surface area (Å²) in [5.41, 5.74) is 0.793. The average molecular weight is 266 g/mol. The Bertz CT molecular complexity index is 366. The van der Waals surface area contributed by atoms with Crippen LogP contribution in [0.25, 0.3) is 0 Å². The molecular formula is C16H27FN2. The highest BCUT2D eigenvalue weighted by Gasteiger charge is 2.07. The Morgan fingerprint density at radius 1 is 1.21 bits per heavy atom. The van der Waals surface area contributed by atoms with Crippen molar-refractivity contribution in [1.29, 1.82) is 0 Å². The molecule has 19 heavy (non-hydrogen) atoms. The van der Waals surface area contributed by atoms with Crippen molar-refractivity contribution in [1.82, 2.24) is 10.2 Å². The summed E-state index contributed by atoms with van der Waals surface area (Å²) in [7, 11) is 2.15.